The van der Waals surface area contributed by atoms with Gasteiger partial charge in [0.05, 0.1) is 29.3 Å². The molecule has 0 spiro atoms. The molecule has 6 nitrogen and oxygen atoms in total. The van der Waals surface area contributed by atoms with Crippen molar-refractivity contribution < 1.29 is 13.2 Å². The van der Waals surface area contributed by atoms with Gasteiger partial charge in [-0.15, -0.1) is 0 Å². The highest BCUT2D eigenvalue weighted by Crippen LogP contribution is 2.40. The summed E-state index contributed by atoms with van der Waals surface area (Å²) in [5.74, 6) is 0.902. The molecule has 3 rings (SSSR count). The minimum Gasteiger partial charge on any atom is -0.494 e. The normalized spacial score (nSPS) is 11.6. The molecule has 29 heavy (non-hydrogen) atoms. The van der Waals surface area contributed by atoms with Gasteiger partial charge in [0, 0.05) is 36.3 Å². The first kappa shape index (κ1) is 21.0. The van der Waals surface area contributed by atoms with Crippen LogP contribution in [0.2, 0.25) is 0 Å². The summed E-state index contributed by atoms with van der Waals surface area (Å²) in [6, 6.07) is 13.7. The van der Waals surface area contributed by atoms with Gasteiger partial charge in [-0.25, -0.2) is 8.42 Å². The smallest absolute Gasteiger partial charge is 0.232 e. The Balaban J connectivity index is 2.13. The molecule has 2 N–H and O–H groups in total. The third-order valence-corrected chi connectivity index (χ3v) is 6.16. The number of aryl methyl sites for hydroxylation is 1. The van der Waals surface area contributed by atoms with Crippen molar-refractivity contribution in [2.24, 2.45) is 0 Å². The molecule has 0 aliphatic carbocycles. The Labute approximate surface area is 172 Å². The molecule has 0 saturated carbocycles. The fourth-order valence-corrected chi connectivity index (χ4v) is 4.18. The van der Waals surface area contributed by atoms with Crippen LogP contribution in [-0.4, -0.2) is 32.4 Å². The third kappa shape index (κ3) is 4.34. The van der Waals surface area contributed by atoms with Gasteiger partial charge in [-0.2, -0.15) is 0 Å². The van der Waals surface area contributed by atoms with Crippen LogP contribution in [0.3, 0.4) is 0 Å². The van der Waals surface area contributed by atoms with Crippen LogP contribution in [0.4, 0.5) is 11.4 Å². The van der Waals surface area contributed by atoms with E-state index < -0.39 is 10.0 Å². The molecular formula is C22H29N3O3S. The molecule has 0 aliphatic heterocycles. The van der Waals surface area contributed by atoms with E-state index in [0.29, 0.717) is 12.3 Å². The topological polar surface area (TPSA) is 72.4 Å². The first-order chi connectivity index (χ1) is 13.9. The highest BCUT2D eigenvalue weighted by atomic mass is 32.2. The lowest BCUT2D eigenvalue weighted by molar-refractivity contribution is 0.340. The van der Waals surface area contributed by atoms with Crippen LogP contribution in [0.1, 0.15) is 27.2 Å². The van der Waals surface area contributed by atoms with E-state index in [0.717, 1.165) is 46.6 Å². The molecular weight excluding hydrogens is 386 g/mol. The monoisotopic (exact) mass is 415 g/mol. The number of ether oxygens (including phenoxy) is 1. The van der Waals surface area contributed by atoms with Gasteiger partial charge in [-0.05, 0) is 44.5 Å². The van der Waals surface area contributed by atoms with Crippen molar-refractivity contribution in [1.82, 2.24) is 4.57 Å². The number of fused-ring (bicyclic) bond motifs is 1. The molecule has 0 fully saturated rings. The quantitative estimate of drug-likeness (QED) is 0.520. The number of nitrogens with zero attached hydrogens (tertiary/aromatic N) is 1. The van der Waals surface area contributed by atoms with Gasteiger partial charge in [-0.1, -0.05) is 19.1 Å². The average Bonchev–Trinajstić information content (AvgIpc) is 3.02. The predicted molar refractivity (Wildman–Crippen MR) is 121 cm³/mol. The van der Waals surface area contributed by atoms with Crippen molar-refractivity contribution >= 4 is 32.3 Å². The number of benzene rings is 2. The van der Waals surface area contributed by atoms with Crippen molar-refractivity contribution in [3.8, 4) is 17.0 Å². The number of rotatable bonds is 9. The van der Waals surface area contributed by atoms with Crippen LogP contribution >= 0.6 is 0 Å². The molecule has 0 bridgehead atoms. The lowest BCUT2D eigenvalue weighted by Crippen LogP contribution is -2.14. The van der Waals surface area contributed by atoms with Crippen molar-refractivity contribution in [3.63, 3.8) is 0 Å². The van der Waals surface area contributed by atoms with Crippen LogP contribution in [0.25, 0.3) is 22.2 Å². The predicted octanol–water partition coefficient (Wildman–Crippen LogP) is 4.92. The molecule has 2 aromatic carbocycles. The van der Waals surface area contributed by atoms with Crippen LogP contribution in [-0.2, 0) is 16.6 Å². The van der Waals surface area contributed by atoms with Gasteiger partial charge in [0.15, 0.2) is 0 Å². The SMILES string of the molecule is CCCn1c(-c2ccc(NS(=O)(=O)CC)cc2)c(NC)c2ccc(OCC)cc21. The van der Waals surface area contributed by atoms with Crippen LogP contribution in [0.15, 0.2) is 42.5 Å². The summed E-state index contributed by atoms with van der Waals surface area (Å²) in [4.78, 5) is 0. The van der Waals surface area contributed by atoms with Gasteiger partial charge in [0.25, 0.3) is 0 Å². The highest BCUT2D eigenvalue weighted by molar-refractivity contribution is 7.92. The molecule has 3 aromatic rings. The molecule has 1 heterocycles. The van der Waals surface area contributed by atoms with Crippen molar-refractivity contribution in [3.05, 3.63) is 42.5 Å². The van der Waals surface area contributed by atoms with E-state index in [2.05, 4.69) is 33.7 Å². The largest absolute Gasteiger partial charge is 0.494 e. The Kier molecular flexibility index (Phi) is 6.37. The minimum absolute atomic E-state index is 0.0472. The van der Waals surface area contributed by atoms with E-state index in [-0.39, 0.29) is 5.75 Å². The Hall–Kier alpha value is -2.67. The van der Waals surface area contributed by atoms with E-state index in [1.165, 1.54) is 0 Å². The number of nitrogens with one attached hydrogen (secondary N) is 2. The average molecular weight is 416 g/mol. The zero-order valence-corrected chi connectivity index (χ0v) is 18.3. The first-order valence-corrected chi connectivity index (χ1v) is 11.7. The lowest BCUT2D eigenvalue weighted by Gasteiger charge is -2.13. The van der Waals surface area contributed by atoms with Crippen molar-refractivity contribution in [2.75, 3.05) is 29.4 Å². The zero-order chi connectivity index (χ0) is 21.0. The maximum atomic E-state index is 11.8. The third-order valence-electron chi connectivity index (χ3n) is 4.86. The van der Waals surface area contributed by atoms with E-state index >= 15 is 0 Å². The van der Waals surface area contributed by atoms with Crippen molar-refractivity contribution in [2.45, 2.75) is 33.7 Å². The summed E-state index contributed by atoms with van der Waals surface area (Å²) in [5.41, 5.74) is 4.85. The summed E-state index contributed by atoms with van der Waals surface area (Å²) in [6.45, 7) is 7.25. The molecule has 0 radical (unpaired) electrons. The highest BCUT2D eigenvalue weighted by Gasteiger charge is 2.18. The van der Waals surface area contributed by atoms with E-state index in [4.69, 9.17) is 4.74 Å². The standard InChI is InChI=1S/C22H29N3O3S/c1-5-14-25-20-15-18(28-6-2)12-13-19(20)21(23-4)22(25)16-8-10-17(11-9-16)24-29(26,27)7-3/h8-13,15,23-24H,5-7,14H2,1-4H3. The van der Waals surface area contributed by atoms with E-state index in [1.54, 1.807) is 6.92 Å². The Morgan fingerprint density at radius 2 is 1.76 bits per heavy atom. The summed E-state index contributed by atoms with van der Waals surface area (Å²) in [6.07, 6.45) is 0.993. The molecule has 156 valence electrons. The second-order valence-electron chi connectivity index (χ2n) is 6.82. The molecule has 0 aliphatic rings. The summed E-state index contributed by atoms with van der Waals surface area (Å²) < 4.78 is 34.3. The Bertz CT molecular complexity index is 1090. The maximum absolute atomic E-state index is 11.8. The summed E-state index contributed by atoms with van der Waals surface area (Å²) in [7, 11) is -1.37. The molecule has 0 unspecified atom stereocenters. The number of aromatic nitrogens is 1. The van der Waals surface area contributed by atoms with Gasteiger partial charge >= 0.3 is 0 Å². The van der Waals surface area contributed by atoms with E-state index in [1.807, 2.05) is 44.3 Å². The number of anilines is 2. The Morgan fingerprint density at radius 1 is 1.03 bits per heavy atom. The second kappa shape index (κ2) is 8.78. The fourth-order valence-electron chi connectivity index (χ4n) is 3.54. The van der Waals surface area contributed by atoms with Gasteiger partial charge in [0.1, 0.15) is 5.75 Å². The first-order valence-electron chi connectivity index (χ1n) is 10.0. The van der Waals surface area contributed by atoms with Gasteiger partial charge in [-0.3, -0.25) is 4.72 Å². The maximum Gasteiger partial charge on any atom is 0.232 e. The number of sulfonamides is 1. The lowest BCUT2D eigenvalue weighted by atomic mass is 10.1. The van der Waals surface area contributed by atoms with Crippen LogP contribution < -0.4 is 14.8 Å². The van der Waals surface area contributed by atoms with Gasteiger partial charge in [0.2, 0.25) is 10.0 Å². The van der Waals surface area contributed by atoms with Crippen molar-refractivity contribution in [1.29, 1.82) is 0 Å². The fraction of sp³-hybridized carbons (Fsp3) is 0.364. The summed E-state index contributed by atoms with van der Waals surface area (Å²) >= 11 is 0. The molecule has 0 atom stereocenters. The zero-order valence-electron chi connectivity index (χ0n) is 17.5. The summed E-state index contributed by atoms with van der Waals surface area (Å²) in [5, 5.41) is 4.49. The van der Waals surface area contributed by atoms with Crippen LogP contribution in [0, 0.1) is 0 Å². The number of hydrogen-bond donors (Lipinski definition) is 2. The Morgan fingerprint density at radius 3 is 2.34 bits per heavy atom. The van der Waals surface area contributed by atoms with Crippen LogP contribution in [0.5, 0.6) is 5.75 Å². The number of hydrogen-bond acceptors (Lipinski definition) is 4. The minimum atomic E-state index is -3.29. The molecule has 1 aromatic heterocycles. The molecule has 7 heteroatoms. The van der Waals surface area contributed by atoms with Gasteiger partial charge < -0.3 is 14.6 Å². The van der Waals surface area contributed by atoms with E-state index in [9.17, 15) is 8.42 Å². The molecule has 0 amide bonds. The second-order valence-corrected chi connectivity index (χ2v) is 8.83. The molecule has 0 saturated heterocycles.